The zero-order chi connectivity index (χ0) is 14.0. The fourth-order valence-electron chi connectivity index (χ4n) is 1.39. The Morgan fingerprint density at radius 1 is 1.44 bits per heavy atom. The molecule has 0 aromatic carbocycles. The number of aliphatic hydroxyl groups is 1. The van der Waals surface area contributed by atoms with Crippen molar-refractivity contribution in [3.63, 3.8) is 0 Å². The lowest BCUT2D eigenvalue weighted by molar-refractivity contribution is 0.261. The number of aromatic nitrogens is 1. The molecule has 2 N–H and O–H groups in total. The predicted octanol–water partition coefficient (Wildman–Crippen LogP) is 3.17. The minimum atomic E-state index is -0.222. The van der Waals surface area contributed by atoms with E-state index in [4.69, 9.17) is 5.11 Å². The Kier molecular flexibility index (Phi) is 9.06. The summed E-state index contributed by atoms with van der Waals surface area (Å²) in [5, 5.41) is 8.80. The van der Waals surface area contributed by atoms with Crippen LogP contribution in [0.1, 0.15) is 46.1 Å². The molecule has 1 atom stereocenters. The summed E-state index contributed by atoms with van der Waals surface area (Å²) in [6.07, 6.45) is 5.15. The van der Waals surface area contributed by atoms with Gasteiger partial charge in [0.05, 0.1) is 5.54 Å². The highest BCUT2D eigenvalue weighted by atomic mass is 32.1. The van der Waals surface area contributed by atoms with Gasteiger partial charge in [-0.05, 0) is 37.3 Å². The van der Waals surface area contributed by atoms with Crippen LogP contribution in [0.15, 0.2) is 24.5 Å². The third-order valence-electron chi connectivity index (χ3n) is 2.38. The van der Waals surface area contributed by atoms with Gasteiger partial charge in [0, 0.05) is 19.0 Å². The topological polar surface area (TPSA) is 45.1 Å². The van der Waals surface area contributed by atoms with Crippen molar-refractivity contribution in [1.29, 1.82) is 0 Å². The van der Waals surface area contributed by atoms with Gasteiger partial charge in [0.25, 0.3) is 0 Å². The van der Waals surface area contributed by atoms with Crippen LogP contribution in [0.2, 0.25) is 0 Å². The quantitative estimate of drug-likeness (QED) is 0.720. The smallest absolute Gasteiger partial charge is 0.0516 e. The van der Waals surface area contributed by atoms with Crippen LogP contribution in [0.5, 0.6) is 0 Å². The van der Waals surface area contributed by atoms with Gasteiger partial charge >= 0.3 is 0 Å². The van der Waals surface area contributed by atoms with Gasteiger partial charge in [-0.3, -0.25) is 9.71 Å². The Balaban J connectivity index is 0.000000631. The molecule has 4 heteroatoms. The van der Waals surface area contributed by atoms with Crippen LogP contribution in [0.4, 0.5) is 0 Å². The third kappa shape index (κ3) is 6.99. The Bertz CT molecular complexity index is 303. The molecule has 104 valence electrons. The first kappa shape index (κ1) is 17.4. The highest BCUT2D eigenvalue weighted by molar-refractivity contribution is 7.78. The maximum atomic E-state index is 8.80. The van der Waals surface area contributed by atoms with Crippen molar-refractivity contribution in [2.45, 2.75) is 46.1 Å². The van der Waals surface area contributed by atoms with Crippen molar-refractivity contribution >= 4 is 12.8 Å². The molecule has 3 nitrogen and oxygen atoms in total. The van der Waals surface area contributed by atoms with Crippen LogP contribution in [0.25, 0.3) is 0 Å². The first-order valence-corrected chi connectivity index (χ1v) is 6.83. The Labute approximate surface area is 117 Å². The number of pyridine rings is 1. The predicted molar refractivity (Wildman–Crippen MR) is 80.5 cm³/mol. The minimum absolute atomic E-state index is 0.200. The first-order valence-electron chi connectivity index (χ1n) is 6.39. The van der Waals surface area contributed by atoms with E-state index >= 15 is 0 Å². The summed E-state index contributed by atoms with van der Waals surface area (Å²) < 4.78 is 2.97. The maximum absolute atomic E-state index is 8.80. The van der Waals surface area contributed by atoms with Gasteiger partial charge in [-0.15, -0.1) is 0 Å². The fourth-order valence-corrected chi connectivity index (χ4v) is 1.63. The zero-order valence-electron chi connectivity index (χ0n) is 11.8. The molecule has 1 aromatic heterocycles. The average Bonchev–Trinajstić information content (AvgIpc) is 2.36. The molecule has 0 spiro atoms. The Morgan fingerprint density at radius 2 is 2.06 bits per heavy atom. The number of rotatable bonds is 5. The zero-order valence-corrected chi connectivity index (χ0v) is 12.7. The second-order valence-corrected chi connectivity index (χ2v) is 5.47. The number of thiol groups is 1. The molecular formula is C14H26N2OS. The van der Waals surface area contributed by atoms with Gasteiger partial charge in [0.2, 0.25) is 0 Å². The summed E-state index contributed by atoms with van der Waals surface area (Å²) >= 11 is 4.13. The second-order valence-electron chi connectivity index (χ2n) is 5.24. The number of hydrogen-bond donors (Lipinski definition) is 3. The number of nitrogens with zero attached hydrogens (tertiary/aromatic N) is 1. The summed E-state index contributed by atoms with van der Waals surface area (Å²) in [7, 11) is 0. The molecule has 1 heterocycles. The van der Waals surface area contributed by atoms with Crippen molar-refractivity contribution in [2.24, 2.45) is 5.92 Å². The maximum Gasteiger partial charge on any atom is 0.0516 e. The van der Waals surface area contributed by atoms with E-state index in [9.17, 15) is 0 Å². The van der Waals surface area contributed by atoms with Crippen LogP contribution < -0.4 is 4.72 Å². The van der Waals surface area contributed by atoms with E-state index in [-0.39, 0.29) is 12.1 Å². The molecule has 1 aromatic rings. The van der Waals surface area contributed by atoms with E-state index in [1.807, 2.05) is 25.3 Å². The number of aliphatic hydroxyl groups excluding tert-OH is 1. The van der Waals surface area contributed by atoms with Gasteiger partial charge in [-0.1, -0.05) is 39.7 Å². The van der Waals surface area contributed by atoms with Crippen molar-refractivity contribution in [2.75, 3.05) is 6.61 Å². The lowest BCUT2D eigenvalue weighted by atomic mass is 9.90. The number of nitrogens with one attached hydrogen (secondary N) is 1. The second kappa shape index (κ2) is 9.36. The first-order chi connectivity index (χ1) is 8.46. The molecule has 18 heavy (non-hydrogen) atoms. The third-order valence-corrected chi connectivity index (χ3v) is 2.87. The minimum Gasteiger partial charge on any atom is -0.396 e. The van der Waals surface area contributed by atoms with Gasteiger partial charge < -0.3 is 5.11 Å². The lowest BCUT2D eigenvalue weighted by Crippen LogP contribution is -2.33. The normalized spacial score (nSPS) is 13.7. The molecule has 0 aliphatic carbocycles. The van der Waals surface area contributed by atoms with Crippen molar-refractivity contribution in [1.82, 2.24) is 9.71 Å². The van der Waals surface area contributed by atoms with Crippen molar-refractivity contribution in [3.05, 3.63) is 30.1 Å². The molecule has 0 aliphatic rings. The monoisotopic (exact) mass is 270 g/mol. The van der Waals surface area contributed by atoms with Crippen LogP contribution in [-0.2, 0) is 5.54 Å². The van der Waals surface area contributed by atoms with E-state index < -0.39 is 0 Å². The molecule has 0 saturated carbocycles. The van der Waals surface area contributed by atoms with Gasteiger partial charge in [0.1, 0.15) is 0 Å². The van der Waals surface area contributed by atoms with E-state index in [0.29, 0.717) is 0 Å². The Hall–Kier alpha value is -0.580. The van der Waals surface area contributed by atoms with Crippen LogP contribution in [-0.4, -0.2) is 16.7 Å². The highest BCUT2D eigenvalue weighted by Crippen LogP contribution is 2.25. The SMILES string of the molecule is CC(C)C.CC(CCCO)(NS)c1cccnc1. The van der Waals surface area contributed by atoms with E-state index in [1.54, 1.807) is 6.20 Å². The summed E-state index contributed by atoms with van der Waals surface area (Å²) in [6, 6.07) is 3.91. The summed E-state index contributed by atoms with van der Waals surface area (Å²) in [6.45, 7) is 8.75. The van der Waals surface area contributed by atoms with Gasteiger partial charge in [0.15, 0.2) is 0 Å². The largest absolute Gasteiger partial charge is 0.396 e. The lowest BCUT2D eigenvalue weighted by Gasteiger charge is -2.28. The molecular weight excluding hydrogens is 244 g/mol. The van der Waals surface area contributed by atoms with Gasteiger partial charge in [-0.2, -0.15) is 0 Å². The molecule has 0 aliphatic heterocycles. The average molecular weight is 270 g/mol. The Morgan fingerprint density at radius 3 is 2.44 bits per heavy atom. The molecule has 1 unspecified atom stereocenters. The van der Waals surface area contributed by atoms with Crippen molar-refractivity contribution in [3.8, 4) is 0 Å². The number of hydrogen-bond acceptors (Lipinski definition) is 4. The molecule has 0 fully saturated rings. The molecule has 0 saturated heterocycles. The van der Waals surface area contributed by atoms with E-state index in [1.165, 1.54) is 0 Å². The van der Waals surface area contributed by atoms with E-state index in [0.717, 1.165) is 24.3 Å². The van der Waals surface area contributed by atoms with Crippen LogP contribution in [0.3, 0.4) is 0 Å². The van der Waals surface area contributed by atoms with E-state index in [2.05, 4.69) is 43.3 Å². The standard InChI is InChI=1S/C10H16N2OS.C4H10/c1-10(12-14,5-3-7-13)9-4-2-6-11-8-9;1-4(2)3/h2,4,6,8,12-14H,3,5,7H2,1H3;4H,1-3H3. The fraction of sp³-hybridized carbons (Fsp3) is 0.643. The highest BCUT2D eigenvalue weighted by Gasteiger charge is 2.24. The van der Waals surface area contributed by atoms with Crippen LogP contribution >= 0.6 is 12.8 Å². The van der Waals surface area contributed by atoms with Crippen molar-refractivity contribution < 1.29 is 5.11 Å². The molecule has 0 radical (unpaired) electrons. The van der Waals surface area contributed by atoms with Crippen LogP contribution in [0, 0.1) is 5.92 Å². The molecule has 1 rings (SSSR count). The van der Waals surface area contributed by atoms with Gasteiger partial charge in [-0.25, -0.2) is 0 Å². The molecule has 0 bridgehead atoms. The summed E-state index contributed by atoms with van der Waals surface area (Å²) in [5.41, 5.74) is 0.864. The molecule has 0 amide bonds. The summed E-state index contributed by atoms with van der Waals surface area (Å²) in [5.74, 6) is 0.833. The summed E-state index contributed by atoms with van der Waals surface area (Å²) in [4.78, 5) is 4.07.